The van der Waals surface area contributed by atoms with E-state index in [9.17, 15) is 9.59 Å². The Balaban J connectivity index is 2.04. The van der Waals surface area contributed by atoms with Crippen molar-refractivity contribution < 1.29 is 14.4 Å². The molecule has 1 amide bonds. The smallest absolute Gasteiger partial charge is 0.213 e. The largest absolute Gasteiger partial charge is 0.388 e. The van der Waals surface area contributed by atoms with Gasteiger partial charge in [0, 0.05) is 5.38 Å². The van der Waals surface area contributed by atoms with Gasteiger partial charge in [-0.25, -0.2) is 4.98 Å². The Labute approximate surface area is 114 Å². The van der Waals surface area contributed by atoms with Crippen LogP contribution in [0.5, 0.6) is 0 Å². The van der Waals surface area contributed by atoms with Crippen LogP contribution < -0.4 is 5.32 Å². The summed E-state index contributed by atoms with van der Waals surface area (Å²) < 4.78 is 0. The maximum absolute atomic E-state index is 11.0. The van der Waals surface area contributed by atoms with E-state index in [2.05, 4.69) is 15.5 Å². The third kappa shape index (κ3) is 3.72. The van der Waals surface area contributed by atoms with E-state index in [0.29, 0.717) is 23.5 Å². The monoisotopic (exact) mass is 279 g/mol. The third-order valence-electron chi connectivity index (χ3n) is 2.56. The normalized spacial score (nSPS) is 18.9. The first-order valence-electron chi connectivity index (χ1n) is 5.85. The highest BCUT2D eigenvalue weighted by atomic mass is 32.1. The minimum atomic E-state index is -0.0880. The Morgan fingerprint density at radius 2 is 2.47 bits per heavy atom. The van der Waals surface area contributed by atoms with Crippen LogP contribution in [0.25, 0.3) is 0 Å². The lowest BCUT2D eigenvalue weighted by Crippen LogP contribution is -2.12. The van der Waals surface area contributed by atoms with Crippen molar-refractivity contribution >= 4 is 34.9 Å². The van der Waals surface area contributed by atoms with Crippen LogP contribution in [-0.2, 0) is 14.4 Å². The molecular weight excluding hydrogens is 266 g/mol. The molecule has 0 bridgehead atoms. The van der Waals surface area contributed by atoms with Gasteiger partial charge in [0.15, 0.2) is 17.1 Å². The molecule has 1 atom stereocenters. The van der Waals surface area contributed by atoms with Gasteiger partial charge in [0.25, 0.3) is 0 Å². The van der Waals surface area contributed by atoms with E-state index >= 15 is 0 Å². The number of nitrogens with zero attached hydrogens (tertiary/aromatic N) is 2. The summed E-state index contributed by atoms with van der Waals surface area (Å²) in [5.41, 5.74) is 0.512. The molecule has 7 heteroatoms. The van der Waals surface area contributed by atoms with E-state index in [1.807, 2.05) is 12.2 Å². The Kier molecular flexibility index (Phi) is 4.79. The van der Waals surface area contributed by atoms with Crippen LogP contribution >= 0.6 is 11.3 Å². The number of rotatable bonds is 6. The van der Waals surface area contributed by atoms with Crippen molar-refractivity contribution in [1.29, 1.82) is 0 Å². The molecular formula is C12H13N3O3S. The maximum Gasteiger partial charge on any atom is 0.213 e. The number of amides is 1. The number of thiazole rings is 1. The van der Waals surface area contributed by atoms with Gasteiger partial charge < -0.3 is 10.2 Å². The van der Waals surface area contributed by atoms with Crippen LogP contribution in [0.2, 0.25) is 0 Å². The SMILES string of the molecule is O=CNc1nc(/C(C=O)=N/OC2C=CCCC2)cs1. The Hall–Kier alpha value is -2.02. The molecule has 1 aromatic rings. The van der Waals surface area contributed by atoms with Gasteiger partial charge >= 0.3 is 0 Å². The molecule has 0 spiro atoms. The van der Waals surface area contributed by atoms with Crippen LogP contribution in [0.4, 0.5) is 5.13 Å². The molecule has 1 heterocycles. The van der Waals surface area contributed by atoms with Gasteiger partial charge in [-0.1, -0.05) is 11.2 Å². The first-order chi connectivity index (χ1) is 9.33. The summed E-state index contributed by atoms with van der Waals surface area (Å²) in [5.74, 6) is 0. The summed E-state index contributed by atoms with van der Waals surface area (Å²) in [6.45, 7) is 0. The molecule has 1 aliphatic rings. The van der Waals surface area contributed by atoms with Gasteiger partial charge in [-0.05, 0) is 25.3 Å². The molecule has 0 fully saturated rings. The lowest BCUT2D eigenvalue weighted by molar-refractivity contribution is -0.105. The standard InChI is InChI=1S/C12H13N3O3S/c16-6-10(11-7-19-12(14-11)13-8-17)15-18-9-4-2-1-3-5-9/h2,4,6-9H,1,3,5H2,(H,13,14,17)/b15-10+. The molecule has 0 saturated carbocycles. The van der Waals surface area contributed by atoms with E-state index in [-0.39, 0.29) is 11.8 Å². The van der Waals surface area contributed by atoms with Crippen LogP contribution in [-0.4, -0.2) is 29.5 Å². The molecule has 19 heavy (non-hydrogen) atoms. The topological polar surface area (TPSA) is 80.7 Å². The predicted molar refractivity (Wildman–Crippen MR) is 72.3 cm³/mol. The zero-order valence-electron chi connectivity index (χ0n) is 10.1. The third-order valence-corrected chi connectivity index (χ3v) is 3.33. The lowest BCUT2D eigenvalue weighted by atomic mass is 10.1. The number of hydrogen-bond acceptors (Lipinski definition) is 6. The molecule has 2 rings (SSSR count). The average molecular weight is 279 g/mol. The molecule has 1 unspecified atom stereocenters. The highest BCUT2D eigenvalue weighted by Crippen LogP contribution is 2.16. The number of carbonyl (C=O) groups is 2. The van der Waals surface area contributed by atoms with Crippen molar-refractivity contribution in [2.45, 2.75) is 25.4 Å². The number of allylic oxidation sites excluding steroid dienone is 1. The summed E-state index contributed by atoms with van der Waals surface area (Å²) >= 11 is 1.22. The number of carbonyl (C=O) groups excluding carboxylic acids is 2. The number of nitrogens with one attached hydrogen (secondary N) is 1. The molecule has 1 aliphatic carbocycles. The molecule has 1 N–H and O–H groups in total. The maximum atomic E-state index is 11.0. The van der Waals surface area contributed by atoms with Crippen molar-refractivity contribution in [2.24, 2.45) is 5.16 Å². The number of oxime groups is 1. The van der Waals surface area contributed by atoms with Gasteiger partial charge in [0.1, 0.15) is 11.8 Å². The average Bonchev–Trinajstić information content (AvgIpc) is 2.90. The van der Waals surface area contributed by atoms with Crippen molar-refractivity contribution in [3.8, 4) is 0 Å². The first kappa shape index (κ1) is 13.4. The van der Waals surface area contributed by atoms with Crippen LogP contribution in [0.15, 0.2) is 22.7 Å². The van der Waals surface area contributed by atoms with Gasteiger partial charge in [-0.15, -0.1) is 11.3 Å². The minimum absolute atomic E-state index is 0.0880. The second kappa shape index (κ2) is 6.79. The molecule has 0 radical (unpaired) electrons. The van der Waals surface area contributed by atoms with E-state index in [4.69, 9.17) is 4.84 Å². The number of hydrogen-bond donors (Lipinski definition) is 1. The molecule has 0 aromatic carbocycles. The summed E-state index contributed by atoms with van der Waals surface area (Å²) in [6, 6.07) is 0. The highest BCUT2D eigenvalue weighted by molar-refractivity contribution is 7.14. The zero-order valence-corrected chi connectivity index (χ0v) is 10.9. The summed E-state index contributed by atoms with van der Waals surface area (Å²) in [7, 11) is 0. The zero-order chi connectivity index (χ0) is 13.5. The van der Waals surface area contributed by atoms with Gasteiger partial charge in [0.2, 0.25) is 6.41 Å². The molecule has 0 aliphatic heterocycles. The highest BCUT2D eigenvalue weighted by Gasteiger charge is 2.12. The number of anilines is 1. The predicted octanol–water partition coefficient (Wildman–Crippen LogP) is 1.74. The fourth-order valence-corrected chi connectivity index (χ4v) is 2.29. The summed E-state index contributed by atoms with van der Waals surface area (Å²) in [5, 5.41) is 8.30. The second-order valence-electron chi connectivity index (χ2n) is 3.90. The van der Waals surface area contributed by atoms with Gasteiger partial charge in [-0.3, -0.25) is 9.59 Å². The Bertz CT molecular complexity index is 510. The van der Waals surface area contributed by atoms with Crippen LogP contribution in [0.1, 0.15) is 25.0 Å². The number of aldehydes is 1. The fraction of sp³-hybridized carbons (Fsp3) is 0.333. The fourth-order valence-electron chi connectivity index (χ4n) is 1.63. The van der Waals surface area contributed by atoms with Crippen LogP contribution in [0.3, 0.4) is 0 Å². The van der Waals surface area contributed by atoms with Crippen LogP contribution in [0, 0.1) is 0 Å². The summed E-state index contributed by atoms with van der Waals surface area (Å²) in [4.78, 5) is 30.6. The van der Waals surface area contributed by atoms with Gasteiger partial charge in [-0.2, -0.15) is 0 Å². The molecule has 6 nitrogen and oxygen atoms in total. The molecule has 1 aromatic heterocycles. The van der Waals surface area contributed by atoms with E-state index in [1.54, 1.807) is 5.38 Å². The van der Waals surface area contributed by atoms with Crippen molar-refractivity contribution in [1.82, 2.24) is 4.98 Å². The minimum Gasteiger partial charge on any atom is -0.388 e. The van der Waals surface area contributed by atoms with Crippen molar-refractivity contribution in [2.75, 3.05) is 5.32 Å². The molecule has 0 saturated heterocycles. The van der Waals surface area contributed by atoms with Gasteiger partial charge in [0.05, 0.1) is 0 Å². The summed E-state index contributed by atoms with van der Waals surface area (Å²) in [6.07, 6.45) is 8.01. The first-order valence-corrected chi connectivity index (χ1v) is 6.73. The quantitative estimate of drug-likeness (QED) is 0.372. The van der Waals surface area contributed by atoms with E-state index in [0.717, 1.165) is 19.3 Å². The Morgan fingerprint density at radius 1 is 1.58 bits per heavy atom. The second-order valence-corrected chi connectivity index (χ2v) is 4.76. The van der Waals surface area contributed by atoms with E-state index in [1.165, 1.54) is 11.3 Å². The number of aromatic nitrogens is 1. The molecule has 100 valence electrons. The van der Waals surface area contributed by atoms with E-state index < -0.39 is 0 Å². The Morgan fingerprint density at radius 3 is 3.16 bits per heavy atom. The lowest BCUT2D eigenvalue weighted by Gasteiger charge is -2.13. The van der Waals surface area contributed by atoms with Crippen molar-refractivity contribution in [3.05, 3.63) is 23.2 Å². The van der Waals surface area contributed by atoms with Crippen molar-refractivity contribution in [3.63, 3.8) is 0 Å².